The van der Waals surface area contributed by atoms with E-state index in [2.05, 4.69) is 5.32 Å². The molecule has 0 aromatic heterocycles. The third-order valence-corrected chi connectivity index (χ3v) is 7.22. The number of amides is 2. The van der Waals surface area contributed by atoms with E-state index in [-0.39, 0.29) is 24.2 Å². The van der Waals surface area contributed by atoms with Crippen LogP contribution in [-0.4, -0.2) is 50.0 Å². The first-order valence-electron chi connectivity index (χ1n) is 11.4. The van der Waals surface area contributed by atoms with Crippen molar-refractivity contribution >= 4 is 27.5 Å². The van der Waals surface area contributed by atoms with Crippen molar-refractivity contribution in [1.82, 2.24) is 10.2 Å². The average Bonchev–Trinajstić information content (AvgIpc) is 3.27. The number of anilines is 1. The van der Waals surface area contributed by atoms with Crippen molar-refractivity contribution in [1.29, 1.82) is 0 Å². The highest BCUT2D eigenvalue weighted by molar-refractivity contribution is 7.92. The standard InChI is InChI=1S/C25H32FN3O4S/c1-18-8-6-9-20(14-18)16-28(19(2)25(31)27-22-11-4-5-12-22)24(30)17-29(34(3,32)33)23-13-7-10-21(26)15-23/h6-10,13-15,19,22H,4-5,11-12,16-17H2,1-3H3,(H,27,31). The van der Waals surface area contributed by atoms with Gasteiger partial charge < -0.3 is 10.2 Å². The van der Waals surface area contributed by atoms with Crippen LogP contribution in [0.4, 0.5) is 10.1 Å². The van der Waals surface area contributed by atoms with Crippen molar-refractivity contribution in [2.75, 3.05) is 17.1 Å². The Bertz CT molecular complexity index is 1130. The highest BCUT2D eigenvalue weighted by atomic mass is 32.2. The Balaban J connectivity index is 1.88. The van der Waals surface area contributed by atoms with E-state index in [1.54, 1.807) is 6.92 Å². The maximum absolute atomic E-state index is 13.8. The molecule has 0 aliphatic heterocycles. The second-order valence-electron chi connectivity index (χ2n) is 8.93. The topological polar surface area (TPSA) is 86.8 Å². The van der Waals surface area contributed by atoms with Gasteiger partial charge in [0.05, 0.1) is 11.9 Å². The van der Waals surface area contributed by atoms with Gasteiger partial charge in [-0.25, -0.2) is 12.8 Å². The number of sulfonamides is 1. The van der Waals surface area contributed by atoms with E-state index in [9.17, 15) is 22.4 Å². The quantitative estimate of drug-likeness (QED) is 0.585. The summed E-state index contributed by atoms with van der Waals surface area (Å²) in [5.41, 5.74) is 1.88. The molecule has 0 bridgehead atoms. The van der Waals surface area contributed by atoms with Crippen LogP contribution in [-0.2, 0) is 26.2 Å². The van der Waals surface area contributed by atoms with E-state index in [0.29, 0.717) is 0 Å². The summed E-state index contributed by atoms with van der Waals surface area (Å²) in [5, 5.41) is 3.02. The lowest BCUT2D eigenvalue weighted by Gasteiger charge is -2.32. The van der Waals surface area contributed by atoms with Gasteiger partial charge in [0.1, 0.15) is 18.4 Å². The van der Waals surface area contributed by atoms with E-state index in [0.717, 1.165) is 53.4 Å². The van der Waals surface area contributed by atoms with Crippen LogP contribution in [0, 0.1) is 12.7 Å². The fourth-order valence-corrected chi connectivity index (χ4v) is 5.07. The number of nitrogens with zero attached hydrogens (tertiary/aromatic N) is 2. The Kier molecular flexibility index (Phi) is 8.30. The summed E-state index contributed by atoms with van der Waals surface area (Å²) in [7, 11) is -3.89. The molecular weight excluding hydrogens is 457 g/mol. The second kappa shape index (κ2) is 11.0. The summed E-state index contributed by atoms with van der Waals surface area (Å²) in [6, 6.07) is 11.9. The highest BCUT2D eigenvalue weighted by Crippen LogP contribution is 2.21. The fourth-order valence-electron chi connectivity index (χ4n) is 4.23. The average molecular weight is 490 g/mol. The van der Waals surface area contributed by atoms with Crippen LogP contribution in [0.1, 0.15) is 43.7 Å². The SMILES string of the molecule is Cc1cccc(CN(C(=O)CN(c2cccc(F)c2)S(C)(=O)=O)C(C)C(=O)NC2CCCC2)c1. The number of rotatable bonds is 9. The molecule has 1 N–H and O–H groups in total. The van der Waals surface area contributed by atoms with E-state index in [1.807, 2.05) is 31.2 Å². The first-order chi connectivity index (χ1) is 16.0. The number of halogens is 1. The predicted octanol–water partition coefficient (Wildman–Crippen LogP) is 3.38. The van der Waals surface area contributed by atoms with Gasteiger partial charge >= 0.3 is 0 Å². The predicted molar refractivity (Wildman–Crippen MR) is 130 cm³/mol. The molecule has 184 valence electrons. The van der Waals surface area contributed by atoms with Crippen LogP contribution in [0.25, 0.3) is 0 Å². The lowest BCUT2D eigenvalue weighted by molar-refractivity contribution is -0.139. The summed E-state index contributed by atoms with van der Waals surface area (Å²) in [6.07, 6.45) is 4.90. The molecule has 1 saturated carbocycles. The summed E-state index contributed by atoms with van der Waals surface area (Å²) in [6.45, 7) is 3.17. The molecule has 2 aromatic carbocycles. The fraction of sp³-hybridized carbons (Fsp3) is 0.440. The first-order valence-corrected chi connectivity index (χ1v) is 13.3. The maximum Gasteiger partial charge on any atom is 0.244 e. The Morgan fingerprint density at radius 1 is 1.12 bits per heavy atom. The molecule has 2 amide bonds. The minimum absolute atomic E-state index is 0.0504. The molecule has 2 aromatic rings. The summed E-state index contributed by atoms with van der Waals surface area (Å²) < 4.78 is 39.6. The minimum Gasteiger partial charge on any atom is -0.352 e. The number of aryl methyl sites for hydroxylation is 1. The molecule has 1 aliphatic carbocycles. The van der Waals surface area contributed by atoms with E-state index in [4.69, 9.17) is 0 Å². The van der Waals surface area contributed by atoms with Gasteiger partial charge in [0.15, 0.2) is 0 Å². The van der Waals surface area contributed by atoms with Gasteiger partial charge in [-0.3, -0.25) is 13.9 Å². The second-order valence-corrected chi connectivity index (χ2v) is 10.8. The highest BCUT2D eigenvalue weighted by Gasteiger charge is 2.31. The summed E-state index contributed by atoms with van der Waals surface area (Å²) >= 11 is 0. The molecule has 7 nitrogen and oxygen atoms in total. The van der Waals surface area contributed by atoms with Crippen LogP contribution in [0.15, 0.2) is 48.5 Å². The molecule has 1 unspecified atom stereocenters. The molecule has 0 radical (unpaired) electrons. The van der Waals surface area contributed by atoms with Crippen molar-refractivity contribution in [3.63, 3.8) is 0 Å². The van der Waals surface area contributed by atoms with Gasteiger partial charge in [-0.2, -0.15) is 0 Å². The molecule has 0 spiro atoms. The van der Waals surface area contributed by atoms with Gasteiger partial charge in [0.2, 0.25) is 21.8 Å². The van der Waals surface area contributed by atoms with Gasteiger partial charge in [0.25, 0.3) is 0 Å². The monoisotopic (exact) mass is 489 g/mol. The van der Waals surface area contributed by atoms with Crippen molar-refractivity contribution in [2.45, 2.75) is 58.2 Å². The van der Waals surface area contributed by atoms with Gasteiger partial charge in [-0.1, -0.05) is 48.7 Å². The molecule has 1 aliphatic rings. The molecule has 34 heavy (non-hydrogen) atoms. The van der Waals surface area contributed by atoms with Crippen LogP contribution < -0.4 is 9.62 Å². The maximum atomic E-state index is 13.8. The molecule has 9 heteroatoms. The van der Waals surface area contributed by atoms with Crippen LogP contribution in [0.3, 0.4) is 0 Å². The molecule has 0 saturated heterocycles. The number of nitrogens with one attached hydrogen (secondary N) is 1. The molecule has 1 fully saturated rings. The number of hydrogen-bond acceptors (Lipinski definition) is 4. The molecular formula is C25H32FN3O4S. The summed E-state index contributed by atoms with van der Waals surface area (Å²) in [5.74, 6) is -1.44. The molecule has 1 atom stereocenters. The van der Waals surface area contributed by atoms with Crippen molar-refractivity contribution in [3.8, 4) is 0 Å². The Morgan fingerprint density at radius 2 is 1.79 bits per heavy atom. The van der Waals surface area contributed by atoms with Crippen molar-refractivity contribution < 1.29 is 22.4 Å². The Hall–Kier alpha value is -2.94. The largest absolute Gasteiger partial charge is 0.352 e. The normalized spacial score (nSPS) is 15.1. The zero-order chi connectivity index (χ0) is 24.9. The molecule has 3 rings (SSSR count). The first kappa shape index (κ1) is 25.7. The van der Waals surface area contributed by atoms with Gasteiger partial charge in [0, 0.05) is 12.6 Å². The number of carbonyl (C=O) groups is 2. The van der Waals surface area contributed by atoms with E-state index in [1.165, 1.54) is 23.1 Å². The Morgan fingerprint density at radius 3 is 2.41 bits per heavy atom. The molecule has 0 heterocycles. The van der Waals surface area contributed by atoms with Crippen LogP contribution in [0.5, 0.6) is 0 Å². The third-order valence-electron chi connectivity index (χ3n) is 6.08. The Labute approximate surface area is 201 Å². The van der Waals surface area contributed by atoms with E-state index < -0.39 is 34.3 Å². The zero-order valence-corrected chi connectivity index (χ0v) is 20.6. The zero-order valence-electron chi connectivity index (χ0n) is 19.8. The summed E-state index contributed by atoms with van der Waals surface area (Å²) in [4.78, 5) is 27.9. The third kappa shape index (κ3) is 6.79. The lowest BCUT2D eigenvalue weighted by atomic mass is 10.1. The van der Waals surface area contributed by atoms with Crippen molar-refractivity contribution in [2.24, 2.45) is 0 Å². The number of hydrogen-bond donors (Lipinski definition) is 1. The van der Waals surface area contributed by atoms with Gasteiger partial charge in [-0.15, -0.1) is 0 Å². The lowest BCUT2D eigenvalue weighted by Crippen LogP contribution is -2.52. The number of carbonyl (C=O) groups excluding carboxylic acids is 2. The van der Waals surface area contributed by atoms with Crippen LogP contribution >= 0.6 is 0 Å². The number of benzene rings is 2. The van der Waals surface area contributed by atoms with E-state index >= 15 is 0 Å². The van der Waals surface area contributed by atoms with Crippen LogP contribution in [0.2, 0.25) is 0 Å². The minimum atomic E-state index is -3.89. The van der Waals surface area contributed by atoms with Gasteiger partial charge in [-0.05, 0) is 50.5 Å². The van der Waals surface area contributed by atoms with Crippen molar-refractivity contribution in [3.05, 3.63) is 65.5 Å². The smallest absolute Gasteiger partial charge is 0.244 e.